The van der Waals surface area contributed by atoms with Crippen molar-refractivity contribution in [3.8, 4) is 0 Å². The van der Waals surface area contributed by atoms with E-state index in [0.29, 0.717) is 12.5 Å². The Morgan fingerprint density at radius 1 is 0.842 bits per heavy atom. The molecule has 0 aliphatic rings. The van der Waals surface area contributed by atoms with Crippen LogP contribution in [0.25, 0.3) is 21.5 Å². The molecule has 0 amide bonds. The fourth-order valence-electron chi connectivity index (χ4n) is 2.94. The maximum absolute atomic E-state index is 6.00. The number of rotatable bonds is 2. The molecule has 96 valence electrons. The van der Waals surface area contributed by atoms with Crippen molar-refractivity contribution in [3.63, 3.8) is 0 Å². The van der Waals surface area contributed by atoms with Gasteiger partial charge in [-0.1, -0.05) is 62.4 Å². The summed E-state index contributed by atoms with van der Waals surface area (Å²) in [7, 11) is 0. The zero-order chi connectivity index (χ0) is 13.4. The van der Waals surface area contributed by atoms with Gasteiger partial charge in [0.1, 0.15) is 0 Å². The topological polar surface area (TPSA) is 26.0 Å². The fraction of sp³-hybridized carbons (Fsp3) is 0.222. The minimum atomic E-state index is 0.509. The molecule has 0 radical (unpaired) electrons. The van der Waals surface area contributed by atoms with Gasteiger partial charge in [0.05, 0.1) is 0 Å². The third-order valence-corrected chi connectivity index (χ3v) is 3.90. The Kier molecular flexibility index (Phi) is 3.00. The zero-order valence-electron chi connectivity index (χ0n) is 11.5. The highest BCUT2D eigenvalue weighted by atomic mass is 14.5. The van der Waals surface area contributed by atoms with Gasteiger partial charge in [0, 0.05) is 6.54 Å². The van der Waals surface area contributed by atoms with Crippen molar-refractivity contribution >= 4 is 21.5 Å². The molecule has 1 heteroatoms. The van der Waals surface area contributed by atoms with E-state index in [1.165, 1.54) is 32.7 Å². The van der Waals surface area contributed by atoms with Crippen molar-refractivity contribution in [1.29, 1.82) is 0 Å². The first-order valence-corrected chi connectivity index (χ1v) is 6.85. The standard InChI is InChI=1S/C18H19N/c1-12(2)14-9-10-16-15-6-4-3-5-13(15)7-8-17(16)18(14)11-19/h3-10,12H,11,19H2,1-2H3. The van der Waals surface area contributed by atoms with Crippen LogP contribution in [0.4, 0.5) is 0 Å². The normalized spacial score (nSPS) is 11.6. The largest absolute Gasteiger partial charge is 0.326 e. The van der Waals surface area contributed by atoms with Gasteiger partial charge in [-0.3, -0.25) is 0 Å². The van der Waals surface area contributed by atoms with Gasteiger partial charge >= 0.3 is 0 Å². The van der Waals surface area contributed by atoms with Crippen molar-refractivity contribution in [2.24, 2.45) is 5.73 Å². The van der Waals surface area contributed by atoms with Crippen LogP contribution in [0.5, 0.6) is 0 Å². The van der Waals surface area contributed by atoms with Crippen molar-refractivity contribution < 1.29 is 0 Å². The Bertz CT molecular complexity index is 741. The maximum atomic E-state index is 6.00. The highest BCUT2D eigenvalue weighted by Crippen LogP contribution is 2.32. The number of nitrogens with two attached hydrogens (primary N) is 1. The number of hydrogen-bond donors (Lipinski definition) is 1. The highest BCUT2D eigenvalue weighted by Gasteiger charge is 2.10. The number of benzene rings is 3. The first-order valence-electron chi connectivity index (χ1n) is 6.85. The van der Waals surface area contributed by atoms with Gasteiger partial charge in [-0.15, -0.1) is 0 Å². The van der Waals surface area contributed by atoms with E-state index >= 15 is 0 Å². The van der Waals surface area contributed by atoms with Gasteiger partial charge in [-0.25, -0.2) is 0 Å². The number of hydrogen-bond acceptors (Lipinski definition) is 1. The molecule has 0 saturated carbocycles. The van der Waals surface area contributed by atoms with Crippen LogP contribution in [0.2, 0.25) is 0 Å². The van der Waals surface area contributed by atoms with Gasteiger partial charge in [-0.2, -0.15) is 0 Å². The average Bonchev–Trinajstić information content (AvgIpc) is 2.45. The first kappa shape index (κ1) is 12.2. The second kappa shape index (κ2) is 4.67. The van der Waals surface area contributed by atoms with Crippen LogP contribution in [-0.4, -0.2) is 0 Å². The molecule has 19 heavy (non-hydrogen) atoms. The van der Waals surface area contributed by atoms with Crippen LogP contribution >= 0.6 is 0 Å². The zero-order valence-corrected chi connectivity index (χ0v) is 11.5. The van der Waals surface area contributed by atoms with Crippen LogP contribution in [-0.2, 0) is 6.54 Å². The smallest absolute Gasteiger partial charge is 0.0187 e. The number of fused-ring (bicyclic) bond motifs is 3. The second-order valence-corrected chi connectivity index (χ2v) is 5.37. The Hall–Kier alpha value is -1.86. The second-order valence-electron chi connectivity index (χ2n) is 5.37. The average molecular weight is 249 g/mol. The molecule has 0 aliphatic heterocycles. The van der Waals surface area contributed by atoms with Crippen LogP contribution in [0.1, 0.15) is 30.9 Å². The van der Waals surface area contributed by atoms with E-state index in [2.05, 4.69) is 62.4 Å². The summed E-state index contributed by atoms with van der Waals surface area (Å²) >= 11 is 0. The first-order chi connectivity index (χ1) is 9.22. The third-order valence-electron chi connectivity index (χ3n) is 3.90. The van der Waals surface area contributed by atoms with Gasteiger partial charge in [-0.05, 0) is 38.6 Å². The lowest BCUT2D eigenvalue weighted by atomic mass is 9.90. The Morgan fingerprint density at radius 3 is 2.32 bits per heavy atom. The summed E-state index contributed by atoms with van der Waals surface area (Å²) in [4.78, 5) is 0. The van der Waals surface area contributed by atoms with E-state index in [1.54, 1.807) is 0 Å². The molecule has 0 heterocycles. The molecule has 0 bridgehead atoms. The summed E-state index contributed by atoms with van der Waals surface area (Å²) < 4.78 is 0. The molecule has 0 saturated heterocycles. The molecule has 0 unspecified atom stereocenters. The predicted octanol–water partition coefficient (Wildman–Crippen LogP) is 4.58. The van der Waals surface area contributed by atoms with Crippen molar-refractivity contribution in [3.05, 3.63) is 59.7 Å². The molecule has 3 aromatic carbocycles. The van der Waals surface area contributed by atoms with E-state index in [4.69, 9.17) is 5.73 Å². The SMILES string of the molecule is CC(C)c1ccc2c(ccc3ccccc32)c1CN. The van der Waals surface area contributed by atoms with Crippen LogP contribution in [0.3, 0.4) is 0 Å². The molecule has 3 aromatic rings. The van der Waals surface area contributed by atoms with Crippen LogP contribution in [0.15, 0.2) is 48.5 Å². The molecule has 1 nitrogen and oxygen atoms in total. The Labute approximate surface area is 114 Å². The summed E-state index contributed by atoms with van der Waals surface area (Å²) in [5.74, 6) is 0.509. The lowest BCUT2D eigenvalue weighted by Gasteiger charge is -2.15. The van der Waals surface area contributed by atoms with Gasteiger partial charge in [0.2, 0.25) is 0 Å². The monoisotopic (exact) mass is 249 g/mol. The van der Waals surface area contributed by atoms with E-state index < -0.39 is 0 Å². The van der Waals surface area contributed by atoms with Gasteiger partial charge in [0.15, 0.2) is 0 Å². The highest BCUT2D eigenvalue weighted by molar-refractivity contribution is 6.08. The van der Waals surface area contributed by atoms with Crippen LogP contribution < -0.4 is 5.73 Å². The fourth-order valence-corrected chi connectivity index (χ4v) is 2.94. The lowest BCUT2D eigenvalue weighted by molar-refractivity contribution is 0.844. The Morgan fingerprint density at radius 2 is 1.58 bits per heavy atom. The molecule has 2 N–H and O–H groups in total. The molecule has 0 atom stereocenters. The van der Waals surface area contributed by atoms with Crippen LogP contribution in [0, 0.1) is 0 Å². The molecule has 0 fully saturated rings. The van der Waals surface area contributed by atoms with Gasteiger partial charge in [0.25, 0.3) is 0 Å². The van der Waals surface area contributed by atoms with Crippen molar-refractivity contribution in [1.82, 2.24) is 0 Å². The minimum Gasteiger partial charge on any atom is -0.326 e. The van der Waals surface area contributed by atoms with E-state index in [0.717, 1.165) is 0 Å². The van der Waals surface area contributed by atoms with Crippen molar-refractivity contribution in [2.75, 3.05) is 0 Å². The quantitative estimate of drug-likeness (QED) is 0.661. The minimum absolute atomic E-state index is 0.509. The summed E-state index contributed by atoms with van der Waals surface area (Å²) in [6.07, 6.45) is 0. The van der Waals surface area contributed by atoms with Crippen molar-refractivity contribution in [2.45, 2.75) is 26.3 Å². The summed E-state index contributed by atoms with van der Waals surface area (Å²) in [6, 6.07) is 17.4. The van der Waals surface area contributed by atoms with E-state index in [1.807, 2.05) is 0 Å². The lowest BCUT2D eigenvalue weighted by Crippen LogP contribution is -2.04. The summed E-state index contributed by atoms with van der Waals surface area (Å²) in [5.41, 5.74) is 8.65. The molecule has 0 aromatic heterocycles. The van der Waals surface area contributed by atoms with Gasteiger partial charge < -0.3 is 5.73 Å². The third kappa shape index (κ3) is 1.91. The van der Waals surface area contributed by atoms with E-state index in [9.17, 15) is 0 Å². The molecular weight excluding hydrogens is 230 g/mol. The maximum Gasteiger partial charge on any atom is 0.0187 e. The predicted molar refractivity (Wildman–Crippen MR) is 83.4 cm³/mol. The summed E-state index contributed by atoms with van der Waals surface area (Å²) in [5, 5.41) is 5.20. The Balaban J connectivity index is 2.44. The molecular formula is C18H19N. The van der Waals surface area contributed by atoms with E-state index in [-0.39, 0.29) is 0 Å². The molecule has 3 rings (SSSR count). The summed E-state index contributed by atoms with van der Waals surface area (Å²) in [6.45, 7) is 5.05. The molecule has 0 spiro atoms. The molecule has 0 aliphatic carbocycles.